The number of carbonyl (C=O) groups excluding carboxylic acids is 2. The Balaban J connectivity index is 1.27. The van der Waals surface area contributed by atoms with Crippen LogP contribution >= 0.6 is 0 Å². The number of hydrogen-bond acceptors (Lipinski definition) is 6. The van der Waals surface area contributed by atoms with Crippen molar-refractivity contribution in [3.8, 4) is 16.9 Å². The third-order valence-electron chi connectivity index (χ3n) is 7.03. The Morgan fingerprint density at radius 1 is 0.929 bits per heavy atom. The Bertz CT molecular complexity index is 1540. The number of nitrogens with zero attached hydrogens (tertiary/aromatic N) is 1. The van der Waals surface area contributed by atoms with Crippen LogP contribution in [0.15, 0.2) is 79.0 Å². The molecule has 4 rings (SSSR count). The number of carboxylic acid groups (broad SMARTS) is 1. The maximum atomic E-state index is 12.6. The summed E-state index contributed by atoms with van der Waals surface area (Å²) in [6, 6.07) is 22.8. The van der Waals surface area contributed by atoms with Crippen molar-refractivity contribution >= 4 is 34.4 Å². The average Bonchev–Trinajstić information content (AvgIpc) is 3.00. The van der Waals surface area contributed by atoms with Gasteiger partial charge in [-0.25, -0.2) is 4.98 Å². The van der Waals surface area contributed by atoms with Gasteiger partial charge in [0, 0.05) is 25.2 Å². The van der Waals surface area contributed by atoms with E-state index >= 15 is 0 Å². The molecule has 1 atom stereocenters. The zero-order chi connectivity index (χ0) is 29.9. The molecule has 0 radical (unpaired) electrons. The second-order valence-electron chi connectivity index (χ2n) is 10.1. The summed E-state index contributed by atoms with van der Waals surface area (Å²) in [4.78, 5) is 40.6. The molecule has 9 nitrogen and oxygen atoms in total. The Labute approximate surface area is 245 Å². The molecule has 1 aromatic heterocycles. The maximum absolute atomic E-state index is 12.6. The summed E-state index contributed by atoms with van der Waals surface area (Å²) < 4.78 is 5.17. The van der Waals surface area contributed by atoms with E-state index in [-0.39, 0.29) is 25.3 Å². The molecule has 3 aromatic carbocycles. The lowest BCUT2D eigenvalue weighted by atomic mass is 9.94. The second kappa shape index (κ2) is 14.6. The number of rotatable bonds is 14. The Kier molecular flexibility index (Phi) is 10.5. The molecular weight excluding hydrogens is 532 g/mol. The van der Waals surface area contributed by atoms with Gasteiger partial charge in [0.1, 0.15) is 11.6 Å². The van der Waals surface area contributed by atoms with Crippen molar-refractivity contribution < 1.29 is 24.2 Å². The first-order valence-electron chi connectivity index (χ1n) is 13.9. The minimum Gasteiger partial charge on any atom is -0.497 e. The van der Waals surface area contributed by atoms with E-state index in [1.807, 2.05) is 36.4 Å². The topological polar surface area (TPSA) is 130 Å². The monoisotopic (exact) mass is 568 g/mol. The van der Waals surface area contributed by atoms with E-state index in [4.69, 9.17) is 4.74 Å². The van der Waals surface area contributed by atoms with Crippen LogP contribution in [0.25, 0.3) is 21.9 Å². The van der Waals surface area contributed by atoms with Crippen molar-refractivity contribution in [3.63, 3.8) is 0 Å². The number of carbonyl (C=O) groups is 3. The number of methoxy groups -OCH3 is 1. The van der Waals surface area contributed by atoms with Gasteiger partial charge in [-0.3, -0.25) is 14.4 Å². The SMILES string of the molecule is COc1ccnc(NCCCCC(=O)NCC(=O)NC(CC(=O)O)c2ccc(-c3ccc(C)c4ccccc34)cc2)c1. The molecule has 0 spiro atoms. The summed E-state index contributed by atoms with van der Waals surface area (Å²) in [5.41, 5.74) is 3.95. The predicted octanol–water partition coefficient (Wildman–Crippen LogP) is 5.25. The third-order valence-corrected chi connectivity index (χ3v) is 7.03. The fourth-order valence-corrected chi connectivity index (χ4v) is 4.80. The number of fused-ring (bicyclic) bond motifs is 1. The van der Waals surface area contributed by atoms with Crippen LogP contribution in [0.4, 0.5) is 5.82 Å². The molecule has 2 amide bonds. The van der Waals surface area contributed by atoms with Gasteiger partial charge in [0.25, 0.3) is 0 Å². The van der Waals surface area contributed by atoms with E-state index < -0.39 is 17.9 Å². The highest BCUT2D eigenvalue weighted by Crippen LogP contribution is 2.31. The standard InChI is InChI=1S/C33H36N4O5/c1-22-10-15-27(28-8-4-3-7-26(22)28)23-11-13-24(14-12-23)29(20-33(40)41)37-32(39)21-36-31(38)9-5-6-17-34-30-19-25(42-2)16-18-35-30/h3-4,7-8,10-16,18-19,29H,5-6,9,17,20-21H2,1-2H3,(H,34,35)(H,36,38)(H,37,39)(H,40,41). The van der Waals surface area contributed by atoms with Gasteiger partial charge in [0.15, 0.2) is 0 Å². The summed E-state index contributed by atoms with van der Waals surface area (Å²) in [7, 11) is 1.59. The zero-order valence-electron chi connectivity index (χ0n) is 23.9. The van der Waals surface area contributed by atoms with E-state index in [9.17, 15) is 19.5 Å². The number of carboxylic acids is 1. The van der Waals surface area contributed by atoms with Crippen LogP contribution in [-0.2, 0) is 14.4 Å². The molecule has 0 saturated heterocycles. The van der Waals surface area contributed by atoms with Crippen LogP contribution in [0.5, 0.6) is 5.75 Å². The Morgan fingerprint density at radius 2 is 1.69 bits per heavy atom. The van der Waals surface area contributed by atoms with Crippen molar-refractivity contribution in [2.45, 2.75) is 38.6 Å². The van der Waals surface area contributed by atoms with Crippen molar-refractivity contribution in [1.82, 2.24) is 15.6 Å². The number of unbranched alkanes of at least 4 members (excludes halogenated alkanes) is 1. The first kappa shape index (κ1) is 30.0. The fraction of sp³-hybridized carbons (Fsp3) is 0.273. The normalized spacial score (nSPS) is 11.5. The molecule has 1 unspecified atom stereocenters. The lowest BCUT2D eigenvalue weighted by Gasteiger charge is -2.18. The molecule has 0 bridgehead atoms. The van der Waals surface area contributed by atoms with Gasteiger partial charge in [-0.15, -0.1) is 0 Å². The van der Waals surface area contributed by atoms with Gasteiger partial charge >= 0.3 is 5.97 Å². The van der Waals surface area contributed by atoms with Crippen LogP contribution < -0.4 is 20.7 Å². The molecule has 42 heavy (non-hydrogen) atoms. The fourth-order valence-electron chi connectivity index (χ4n) is 4.80. The molecule has 0 saturated carbocycles. The third kappa shape index (κ3) is 8.30. The lowest BCUT2D eigenvalue weighted by molar-refractivity contribution is -0.138. The first-order chi connectivity index (χ1) is 20.3. The van der Waals surface area contributed by atoms with Crippen LogP contribution in [0.3, 0.4) is 0 Å². The summed E-state index contributed by atoms with van der Waals surface area (Å²) in [5, 5.41) is 20.3. The van der Waals surface area contributed by atoms with Crippen molar-refractivity contribution in [1.29, 1.82) is 0 Å². The van der Waals surface area contributed by atoms with E-state index in [0.717, 1.165) is 22.9 Å². The largest absolute Gasteiger partial charge is 0.497 e. The second-order valence-corrected chi connectivity index (χ2v) is 10.1. The van der Waals surface area contributed by atoms with Gasteiger partial charge in [0.05, 0.1) is 26.1 Å². The lowest BCUT2D eigenvalue weighted by Crippen LogP contribution is -2.39. The highest BCUT2D eigenvalue weighted by Gasteiger charge is 2.19. The minimum atomic E-state index is -1.03. The van der Waals surface area contributed by atoms with Gasteiger partial charge in [-0.05, 0) is 58.9 Å². The molecule has 0 aliphatic carbocycles. The smallest absolute Gasteiger partial charge is 0.305 e. The summed E-state index contributed by atoms with van der Waals surface area (Å²) >= 11 is 0. The number of amides is 2. The number of aromatic nitrogens is 1. The molecule has 9 heteroatoms. The highest BCUT2D eigenvalue weighted by atomic mass is 16.5. The van der Waals surface area contributed by atoms with Crippen LogP contribution in [0.2, 0.25) is 0 Å². The number of anilines is 1. The van der Waals surface area contributed by atoms with Crippen LogP contribution in [0, 0.1) is 6.92 Å². The molecule has 218 valence electrons. The van der Waals surface area contributed by atoms with E-state index in [1.165, 1.54) is 10.9 Å². The molecule has 0 aliphatic rings. The molecular formula is C33H36N4O5. The summed E-state index contributed by atoms with van der Waals surface area (Å²) in [5.74, 6) is -0.313. The average molecular weight is 569 g/mol. The minimum absolute atomic E-state index is 0.228. The Morgan fingerprint density at radius 3 is 2.43 bits per heavy atom. The first-order valence-corrected chi connectivity index (χ1v) is 13.9. The number of hydrogen-bond donors (Lipinski definition) is 4. The number of aliphatic carboxylic acids is 1. The van der Waals surface area contributed by atoms with E-state index in [1.54, 1.807) is 25.4 Å². The maximum Gasteiger partial charge on any atom is 0.305 e. The number of ether oxygens (including phenoxy) is 1. The van der Waals surface area contributed by atoms with Crippen molar-refractivity contribution in [3.05, 3.63) is 90.1 Å². The molecule has 0 aliphatic heterocycles. The number of aryl methyl sites for hydroxylation is 1. The van der Waals surface area contributed by atoms with Gasteiger partial charge in [-0.2, -0.15) is 0 Å². The van der Waals surface area contributed by atoms with Crippen molar-refractivity contribution in [2.75, 3.05) is 25.5 Å². The molecule has 0 fully saturated rings. The van der Waals surface area contributed by atoms with Gasteiger partial charge in [-0.1, -0.05) is 60.7 Å². The van der Waals surface area contributed by atoms with Gasteiger partial charge < -0.3 is 25.8 Å². The van der Waals surface area contributed by atoms with Crippen molar-refractivity contribution in [2.24, 2.45) is 0 Å². The molecule has 4 N–H and O–H groups in total. The summed E-state index contributed by atoms with van der Waals surface area (Å²) in [6.45, 7) is 2.50. The predicted molar refractivity (Wildman–Crippen MR) is 163 cm³/mol. The van der Waals surface area contributed by atoms with Crippen LogP contribution in [0.1, 0.15) is 42.9 Å². The van der Waals surface area contributed by atoms with Gasteiger partial charge in [0.2, 0.25) is 11.8 Å². The number of nitrogens with one attached hydrogen (secondary N) is 3. The quantitative estimate of drug-likeness (QED) is 0.153. The summed E-state index contributed by atoms with van der Waals surface area (Å²) in [6.07, 6.45) is 3.03. The zero-order valence-corrected chi connectivity index (χ0v) is 23.9. The van der Waals surface area contributed by atoms with Crippen LogP contribution in [-0.4, -0.2) is 48.1 Å². The Hall–Kier alpha value is -4.92. The number of pyridine rings is 1. The molecule has 4 aromatic rings. The molecule has 1 heterocycles. The van der Waals surface area contributed by atoms with E-state index in [2.05, 4.69) is 52.1 Å². The van der Waals surface area contributed by atoms with E-state index in [0.29, 0.717) is 30.1 Å². The highest BCUT2D eigenvalue weighted by molar-refractivity contribution is 5.98. The number of benzene rings is 3.